The zero-order valence-corrected chi connectivity index (χ0v) is 11.9. The molecule has 0 saturated carbocycles. The monoisotopic (exact) mass is 299 g/mol. The Morgan fingerprint density at radius 2 is 2.29 bits per heavy atom. The van der Waals surface area contributed by atoms with E-state index < -0.39 is 5.82 Å². The highest BCUT2D eigenvalue weighted by Crippen LogP contribution is 2.19. The molecule has 0 bridgehead atoms. The summed E-state index contributed by atoms with van der Waals surface area (Å²) < 4.78 is 15.4. The number of aryl methyl sites for hydroxylation is 1. The smallest absolute Gasteiger partial charge is 0.271 e. The Labute approximate surface area is 123 Å². The SMILES string of the molecule is Cc1csc2c(=O)n(Cc3ccc(F)c(C#N)c3)cnc12. The molecule has 0 amide bonds. The van der Waals surface area contributed by atoms with Crippen molar-refractivity contribution in [3.05, 3.63) is 62.8 Å². The molecule has 0 radical (unpaired) electrons. The minimum Gasteiger partial charge on any atom is -0.294 e. The second-order valence-corrected chi connectivity index (χ2v) is 5.58. The minimum atomic E-state index is -0.559. The van der Waals surface area contributed by atoms with Crippen LogP contribution in [0, 0.1) is 24.1 Å². The van der Waals surface area contributed by atoms with Crippen molar-refractivity contribution in [2.75, 3.05) is 0 Å². The predicted octanol–water partition coefficient (Wildman–Crippen LogP) is 2.83. The summed E-state index contributed by atoms with van der Waals surface area (Å²) in [6.45, 7) is 2.17. The molecule has 104 valence electrons. The molecule has 0 saturated heterocycles. The number of nitriles is 1. The van der Waals surface area contributed by atoms with E-state index in [2.05, 4.69) is 4.98 Å². The third kappa shape index (κ3) is 2.32. The van der Waals surface area contributed by atoms with E-state index in [1.54, 1.807) is 12.1 Å². The molecule has 0 aliphatic carbocycles. The number of aromatic nitrogens is 2. The summed E-state index contributed by atoms with van der Waals surface area (Å²) in [5, 5.41) is 10.7. The first-order valence-corrected chi connectivity index (χ1v) is 7.10. The van der Waals surface area contributed by atoms with Gasteiger partial charge in [-0.1, -0.05) is 6.07 Å². The molecule has 0 unspecified atom stereocenters. The van der Waals surface area contributed by atoms with Crippen molar-refractivity contribution in [3.8, 4) is 6.07 Å². The lowest BCUT2D eigenvalue weighted by Gasteiger charge is -2.06. The maximum atomic E-state index is 13.3. The van der Waals surface area contributed by atoms with Gasteiger partial charge < -0.3 is 0 Å². The van der Waals surface area contributed by atoms with Crippen molar-refractivity contribution in [2.45, 2.75) is 13.5 Å². The second kappa shape index (κ2) is 5.11. The number of thiophene rings is 1. The summed E-state index contributed by atoms with van der Waals surface area (Å²) >= 11 is 1.37. The molecule has 3 rings (SSSR count). The summed E-state index contributed by atoms with van der Waals surface area (Å²) in [5.41, 5.74) is 2.23. The standard InChI is InChI=1S/C15H10FN3OS/c1-9-7-21-14-13(9)18-8-19(15(14)20)6-10-2-3-12(16)11(4-10)5-17/h2-4,7-8H,6H2,1H3. The van der Waals surface area contributed by atoms with Crippen molar-refractivity contribution in [1.29, 1.82) is 5.26 Å². The van der Waals surface area contributed by atoms with Crippen LogP contribution in [0.5, 0.6) is 0 Å². The fraction of sp³-hybridized carbons (Fsp3) is 0.133. The number of rotatable bonds is 2. The third-order valence-electron chi connectivity index (χ3n) is 3.23. The molecular formula is C15H10FN3OS. The highest BCUT2D eigenvalue weighted by atomic mass is 32.1. The average molecular weight is 299 g/mol. The number of hydrogen-bond acceptors (Lipinski definition) is 4. The van der Waals surface area contributed by atoms with E-state index in [1.807, 2.05) is 12.3 Å². The molecular weight excluding hydrogens is 289 g/mol. The van der Waals surface area contributed by atoms with Gasteiger partial charge in [-0.2, -0.15) is 5.26 Å². The first-order valence-electron chi connectivity index (χ1n) is 6.22. The molecule has 3 aromatic rings. The number of nitrogens with zero attached hydrogens (tertiary/aromatic N) is 3. The van der Waals surface area contributed by atoms with Crippen LogP contribution in [-0.2, 0) is 6.54 Å². The molecule has 0 aliphatic rings. The molecule has 0 fully saturated rings. The largest absolute Gasteiger partial charge is 0.294 e. The van der Waals surface area contributed by atoms with Gasteiger partial charge in [0.1, 0.15) is 16.6 Å². The Morgan fingerprint density at radius 1 is 1.48 bits per heavy atom. The highest BCUT2D eigenvalue weighted by Gasteiger charge is 2.09. The lowest BCUT2D eigenvalue weighted by Crippen LogP contribution is -2.20. The maximum Gasteiger partial charge on any atom is 0.271 e. The topological polar surface area (TPSA) is 58.7 Å². The van der Waals surface area contributed by atoms with Gasteiger partial charge in [0.05, 0.1) is 24.0 Å². The minimum absolute atomic E-state index is 0.0263. The lowest BCUT2D eigenvalue weighted by atomic mass is 10.1. The van der Waals surface area contributed by atoms with Gasteiger partial charge >= 0.3 is 0 Å². The van der Waals surface area contributed by atoms with Crippen LogP contribution in [0.25, 0.3) is 10.2 Å². The molecule has 0 spiro atoms. The van der Waals surface area contributed by atoms with Crippen LogP contribution in [0.4, 0.5) is 4.39 Å². The fourth-order valence-corrected chi connectivity index (χ4v) is 3.08. The van der Waals surface area contributed by atoms with Crippen LogP contribution in [-0.4, -0.2) is 9.55 Å². The van der Waals surface area contributed by atoms with Crippen molar-refractivity contribution in [3.63, 3.8) is 0 Å². The van der Waals surface area contributed by atoms with E-state index in [-0.39, 0.29) is 17.7 Å². The Morgan fingerprint density at radius 3 is 3.05 bits per heavy atom. The molecule has 4 nitrogen and oxygen atoms in total. The van der Waals surface area contributed by atoms with Crippen molar-refractivity contribution < 1.29 is 4.39 Å². The van der Waals surface area contributed by atoms with Gasteiger partial charge in [-0.05, 0) is 35.6 Å². The third-order valence-corrected chi connectivity index (χ3v) is 4.30. The molecule has 2 heterocycles. The number of halogens is 1. The van der Waals surface area contributed by atoms with Gasteiger partial charge in [-0.15, -0.1) is 11.3 Å². The summed E-state index contributed by atoms with van der Waals surface area (Å²) in [6.07, 6.45) is 1.49. The molecule has 0 N–H and O–H groups in total. The number of hydrogen-bond donors (Lipinski definition) is 0. The van der Waals surface area contributed by atoms with Gasteiger partial charge in [0, 0.05) is 0 Å². The quantitative estimate of drug-likeness (QED) is 0.731. The maximum absolute atomic E-state index is 13.3. The van der Waals surface area contributed by atoms with Gasteiger partial charge in [0.2, 0.25) is 0 Å². The van der Waals surface area contributed by atoms with Crippen molar-refractivity contribution in [2.24, 2.45) is 0 Å². The Hall–Kier alpha value is -2.52. The Bertz CT molecular complexity index is 936. The summed E-state index contributed by atoms with van der Waals surface area (Å²) in [5.74, 6) is -0.559. The van der Waals surface area contributed by atoms with Crippen molar-refractivity contribution >= 4 is 21.6 Å². The molecule has 0 atom stereocenters. The van der Waals surface area contributed by atoms with Crippen LogP contribution >= 0.6 is 11.3 Å². The first kappa shape index (κ1) is 13.5. The van der Waals surface area contributed by atoms with Gasteiger partial charge in [0.25, 0.3) is 5.56 Å². The highest BCUT2D eigenvalue weighted by molar-refractivity contribution is 7.17. The van der Waals surface area contributed by atoms with Crippen LogP contribution < -0.4 is 5.56 Å². The number of fused-ring (bicyclic) bond motifs is 1. The zero-order valence-electron chi connectivity index (χ0n) is 11.1. The van der Waals surface area contributed by atoms with E-state index in [0.29, 0.717) is 10.3 Å². The molecule has 2 aromatic heterocycles. The van der Waals surface area contributed by atoms with Crippen LogP contribution in [0.3, 0.4) is 0 Å². The fourth-order valence-electron chi connectivity index (χ4n) is 2.13. The Kier molecular flexibility index (Phi) is 3.28. The van der Waals surface area contributed by atoms with Crippen LogP contribution in [0.2, 0.25) is 0 Å². The predicted molar refractivity (Wildman–Crippen MR) is 78.8 cm³/mol. The normalized spacial score (nSPS) is 10.7. The zero-order chi connectivity index (χ0) is 15.0. The second-order valence-electron chi connectivity index (χ2n) is 4.70. The summed E-state index contributed by atoms with van der Waals surface area (Å²) in [6, 6.07) is 6.04. The van der Waals surface area contributed by atoms with Crippen LogP contribution in [0.1, 0.15) is 16.7 Å². The first-order chi connectivity index (χ1) is 10.1. The van der Waals surface area contributed by atoms with E-state index in [4.69, 9.17) is 5.26 Å². The van der Waals surface area contributed by atoms with E-state index in [9.17, 15) is 9.18 Å². The van der Waals surface area contributed by atoms with E-state index >= 15 is 0 Å². The molecule has 21 heavy (non-hydrogen) atoms. The number of benzene rings is 1. The van der Waals surface area contributed by atoms with Gasteiger partial charge in [-0.25, -0.2) is 9.37 Å². The average Bonchev–Trinajstić information content (AvgIpc) is 2.86. The molecule has 1 aromatic carbocycles. The van der Waals surface area contributed by atoms with E-state index in [1.165, 1.54) is 34.4 Å². The van der Waals surface area contributed by atoms with Gasteiger partial charge in [0.15, 0.2) is 0 Å². The Balaban J connectivity index is 2.04. The molecule has 6 heteroatoms. The van der Waals surface area contributed by atoms with Gasteiger partial charge in [-0.3, -0.25) is 9.36 Å². The van der Waals surface area contributed by atoms with E-state index in [0.717, 1.165) is 11.1 Å². The van der Waals surface area contributed by atoms with Crippen molar-refractivity contribution in [1.82, 2.24) is 9.55 Å². The molecule has 0 aliphatic heterocycles. The summed E-state index contributed by atoms with van der Waals surface area (Å²) in [4.78, 5) is 16.7. The summed E-state index contributed by atoms with van der Waals surface area (Å²) in [7, 11) is 0. The van der Waals surface area contributed by atoms with Crippen LogP contribution in [0.15, 0.2) is 34.7 Å². The lowest BCUT2D eigenvalue weighted by molar-refractivity contribution is 0.622.